The summed E-state index contributed by atoms with van der Waals surface area (Å²) in [5.74, 6) is 0. The fraction of sp³-hybridized carbons (Fsp3) is 0.0172. The third-order valence-corrected chi connectivity index (χ3v) is 12.5. The molecule has 0 aliphatic heterocycles. The summed E-state index contributed by atoms with van der Waals surface area (Å²) >= 11 is 0. The summed E-state index contributed by atoms with van der Waals surface area (Å²) < 4.78 is 4.50. The fourth-order valence-electron chi connectivity index (χ4n) is 9.53. The zero-order valence-corrected chi connectivity index (χ0v) is 34.2. The molecule has 4 heteroatoms. The zero-order valence-electron chi connectivity index (χ0n) is 34.2. The molecule has 12 aromatic rings. The van der Waals surface area contributed by atoms with Gasteiger partial charge in [-0.2, -0.15) is 5.10 Å². The predicted molar refractivity (Wildman–Crippen MR) is 260 cm³/mol. The molecule has 0 unspecified atom stereocenters. The van der Waals surface area contributed by atoms with E-state index in [1.54, 1.807) is 0 Å². The lowest BCUT2D eigenvalue weighted by Gasteiger charge is -2.27. The van der Waals surface area contributed by atoms with Crippen LogP contribution in [0.5, 0.6) is 0 Å². The number of pyridine rings is 1. The summed E-state index contributed by atoms with van der Waals surface area (Å²) in [5, 5.41) is 12.6. The van der Waals surface area contributed by atoms with Gasteiger partial charge >= 0.3 is 0 Å². The first kappa shape index (κ1) is 35.7. The van der Waals surface area contributed by atoms with Crippen molar-refractivity contribution in [2.24, 2.45) is 0 Å². The van der Waals surface area contributed by atoms with E-state index >= 15 is 0 Å². The van der Waals surface area contributed by atoms with Gasteiger partial charge in [0.15, 0.2) is 0 Å². The van der Waals surface area contributed by atoms with Crippen molar-refractivity contribution in [2.45, 2.75) is 6.92 Å². The van der Waals surface area contributed by atoms with Gasteiger partial charge in [0.1, 0.15) is 0 Å². The van der Waals surface area contributed by atoms with Gasteiger partial charge in [-0.25, -0.2) is 4.52 Å². The number of nitrogens with zero attached hydrogens (tertiary/aromatic N) is 4. The number of para-hydroxylation sites is 2. The van der Waals surface area contributed by atoms with Crippen molar-refractivity contribution in [3.05, 3.63) is 230 Å². The van der Waals surface area contributed by atoms with E-state index in [1.165, 1.54) is 54.5 Å². The highest BCUT2D eigenvalue weighted by Gasteiger charge is 2.20. The third kappa shape index (κ3) is 5.80. The van der Waals surface area contributed by atoms with E-state index < -0.39 is 0 Å². The van der Waals surface area contributed by atoms with Gasteiger partial charge in [-0.05, 0) is 95.6 Å². The first-order chi connectivity index (χ1) is 30.7. The molecule has 292 valence electrons. The molecule has 0 aliphatic rings. The Balaban J connectivity index is 0.958. The van der Waals surface area contributed by atoms with Gasteiger partial charge in [-0.15, -0.1) is 0 Å². The van der Waals surface area contributed by atoms with Crippen molar-refractivity contribution in [3.8, 4) is 39.3 Å². The number of aryl methyl sites for hydroxylation is 1. The first-order valence-corrected chi connectivity index (χ1v) is 21.2. The highest BCUT2D eigenvalue weighted by Crippen LogP contribution is 2.42. The Kier molecular flexibility index (Phi) is 8.36. The maximum atomic E-state index is 5.33. The van der Waals surface area contributed by atoms with Crippen LogP contribution in [0.2, 0.25) is 0 Å². The number of anilines is 3. The molecule has 0 saturated carbocycles. The van der Waals surface area contributed by atoms with Gasteiger partial charge in [0, 0.05) is 55.3 Å². The Labute approximate surface area is 359 Å². The molecule has 3 heterocycles. The summed E-state index contributed by atoms with van der Waals surface area (Å²) in [6.45, 7) is 2.20. The quantitative estimate of drug-likeness (QED) is 0.161. The van der Waals surface area contributed by atoms with E-state index in [2.05, 4.69) is 245 Å². The van der Waals surface area contributed by atoms with Crippen molar-refractivity contribution < 1.29 is 0 Å². The molecule has 0 atom stereocenters. The Morgan fingerprint density at radius 3 is 1.74 bits per heavy atom. The van der Waals surface area contributed by atoms with Crippen molar-refractivity contribution >= 4 is 65.9 Å². The molecule has 0 radical (unpaired) electrons. The topological polar surface area (TPSA) is 25.5 Å². The molecular weight excluding hydrogens is 753 g/mol. The molecule has 9 aromatic carbocycles. The predicted octanol–water partition coefficient (Wildman–Crippen LogP) is 15.5. The Hall–Kier alpha value is -8.21. The van der Waals surface area contributed by atoms with E-state index in [0.717, 1.165) is 56.3 Å². The summed E-state index contributed by atoms with van der Waals surface area (Å²) in [6, 6.07) is 80.8. The summed E-state index contributed by atoms with van der Waals surface area (Å²) in [5.41, 5.74) is 15.8. The number of hydrogen-bond acceptors (Lipinski definition) is 2. The first-order valence-electron chi connectivity index (χ1n) is 21.2. The lowest BCUT2D eigenvalue weighted by Crippen LogP contribution is -2.10. The van der Waals surface area contributed by atoms with E-state index in [-0.39, 0.29) is 0 Å². The maximum Gasteiger partial charge on any atom is 0.0963 e. The van der Waals surface area contributed by atoms with Gasteiger partial charge in [0.2, 0.25) is 0 Å². The molecule has 0 amide bonds. The van der Waals surface area contributed by atoms with E-state index in [9.17, 15) is 0 Å². The summed E-state index contributed by atoms with van der Waals surface area (Å²) in [4.78, 5) is 2.38. The van der Waals surface area contributed by atoms with Crippen LogP contribution >= 0.6 is 0 Å². The van der Waals surface area contributed by atoms with Crippen molar-refractivity contribution in [2.75, 3.05) is 4.90 Å². The van der Waals surface area contributed by atoms with Gasteiger partial charge < -0.3 is 9.47 Å². The van der Waals surface area contributed by atoms with Crippen LogP contribution in [0, 0.1) is 6.92 Å². The molecule has 0 N–H and O–H groups in total. The van der Waals surface area contributed by atoms with Crippen LogP contribution in [-0.4, -0.2) is 14.2 Å². The smallest absolute Gasteiger partial charge is 0.0963 e. The van der Waals surface area contributed by atoms with E-state index in [0.29, 0.717) is 0 Å². The second-order valence-electron chi connectivity index (χ2n) is 16.1. The van der Waals surface area contributed by atoms with Crippen LogP contribution < -0.4 is 4.90 Å². The minimum absolute atomic E-state index is 0.981. The van der Waals surface area contributed by atoms with Gasteiger partial charge in [0.25, 0.3) is 0 Å². The molecule has 0 aliphatic carbocycles. The standard InChI is InChI=1S/C58H40N4/c1-39-57(59-62-56(42-16-4-2-5-17-42)38-45-18-9-11-23-50(45)58(39)62)43-29-34-48(35-30-43)60(53-26-14-19-41-15-8-10-22-49(41)53)47-32-27-40(28-33-47)44-31-36-55-52(37-44)51-24-12-13-25-54(51)61(55)46-20-6-3-7-21-46/h2-38H,1H3. The normalized spacial score (nSPS) is 11.6. The minimum Gasteiger partial charge on any atom is -0.310 e. The third-order valence-electron chi connectivity index (χ3n) is 12.5. The van der Waals surface area contributed by atoms with Gasteiger partial charge in [-0.1, -0.05) is 158 Å². The van der Waals surface area contributed by atoms with Crippen LogP contribution in [0.25, 0.3) is 88.2 Å². The zero-order chi connectivity index (χ0) is 41.1. The Morgan fingerprint density at radius 1 is 0.403 bits per heavy atom. The molecule has 4 nitrogen and oxygen atoms in total. The summed E-state index contributed by atoms with van der Waals surface area (Å²) in [6.07, 6.45) is 0. The lowest BCUT2D eigenvalue weighted by molar-refractivity contribution is 0.979. The molecule has 3 aromatic heterocycles. The highest BCUT2D eigenvalue weighted by atomic mass is 15.2. The van der Waals surface area contributed by atoms with Crippen molar-refractivity contribution in [3.63, 3.8) is 0 Å². The molecule has 62 heavy (non-hydrogen) atoms. The SMILES string of the molecule is Cc1c(-c2ccc(N(c3ccc(-c4ccc5c(c4)c4ccccc4n5-c4ccccc4)cc3)c3cccc4ccccc34)cc2)nn2c(-c3ccccc3)cc3ccccc3c12. The van der Waals surface area contributed by atoms with E-state index in [1.807, 2.05) is 0 Å². The maximum absolute atomic E-state index is 5.33. The number of aromatic nitrogens is 3. The van der Waals surface area contributed by atoms with Crippen LogP contribution in [0.3, 0.4) is 0 Å². The van der Waals surface area contributed by atoms with Gasteiger partial charge in [-0.3, -0.25) is 0 Å². The second-order valence-corrected chi connectivity index (χ2v) is 16.1. The molecular formula is C58H40N4. The minimum atomic E-state index is 0.981. The van der Waals surface area contributed by atoms with Crippen molar-refractivity contribution in [1.82, 2.24) is 14.2 Å². The average molecular weight is 793 g/mol. The fourth-order valence-corrected chi connectivity index (χ4v) is 9.53. The van der Waals surface area contributed by atoms with Gasteiger partial charge in [0.05, 0.1) is 33.6 Å². The summed E-state index contributed by atoms with van der Waals surface area (Å²) in [7, 11) is 0. The molecule has 0 fully saturated rings. The monoisotopic (exact) mass is 792 g/mol. The number of benzene rings is 9. The second kappa shape index (κ2) is 14.5. The molecule has 12 rings (SSSR count). The van der Waals surface area contributed by atoms with Crippen LogP contribution in [0.4, 0.5) is 17.1 Å². The highest BCUT2D eigenvalue weighted by molar-refractivity contribution is 6.10. The van der Waals surface area contributed by atoms with Crippen LogP contribution in [0.1, 0.15) is 5.56 Å². The number of rotatable bonds is 7. The molecule has 0 bridgehead atoms. The average Bonchev–Trinajstić information content (AvgIpc) is 3.87. The Morgan fingerprint density at radius 2 is 0.984 bits per heavy atom. The Bertz CT molecular complexity index is 3610. The lowest BCUT2D eigenvalue weighted by atomic mass is 10.0. The number of fused-ring (bicyclic) bond motifs is 7. The van der Waals surface area contributed by atoms with E-state index in [4.69, 9.17) is 5.10 Å². The van der Waals surface area contributed by atoms with Crippen molar-refractivity contribution in [1.29, 1.82) is 0 Å². The number of hydrogen-bond donors (Lipinski definition) is 0. The largest absolute Gasteiger partial charge is 0.310 e. The molecule has 0 saturated heterocycles. The molecule has 0 spiro atoms. The van der Waals surface area contributed by atoms with Crippen LogP contribution in [-0.2, 0) is 0 Å². The van der Waals surface area contributed by atoms with Crippen LogP contribution in [0.15, 0.2) is 224 Å².